The summed E-state index contributed by atoms with van der Waals surface area (Å²) < 4.78 is 71.3. The van der Waals surface area contributed by atoms with Gasteiger partial charge in [-0.3, -0.25) is 4.68 Å². The number of benzene rings is 4. The van der Waals surface area contributed by atoms with E-state index in [2.05, 4.69) is 0 Å². The molecule has 8 nitrogen and oxygen atoms in total. The third-order valence-electron chi connectivity index (χ3n) is 8.41. The van der Waals surface area contributed by atoms with Gasteiger partial charge in [0.05, 0.1) is 24.7 Å². The van der Waals surface area contributed by atoms with Gasteiger partial charge in [0, 0.05) is 47.5 Å². The number of hydrogen-bond donors (Lipinski definition) is 0. The molecule has 0 N–H and O–H groups in total. The van der Waals surface area contributed by atoms with Crippen molar-refractivity contribution in [1.82, 2.24) is 14.1 Å². The van der Waals surface area contributed by atoms with E-state index in [1.165, 1.54) is 7.11 Å². The van der Waals surface area contributed by atoms with Gasteiger partial charge in [-0.05, 0) is 64.7 Å². The second-order valence-electron chi connectivity index (χ2n) is 11.3. The lowest BCUT2D eigenvalue weighted by Crippen LogP contribution is -2.52. The van der Waals surface area contributed by atoms with E-state index in [1.54, 1.807) is 33.8 Å². The fourth-order valence-electron chi connectivity index (χ4n) is 6.02. The highest BCUT2D eigenvalue weighted by atomic mass is 35.5. The quantitative estimate of drug-likeness (QED) is 0.124. The average molecular weight is 718 g/mol. The van der Waals surface area contributed by atoms with Gasteiger partial charge >= 0.3 is 21.5 Å². The molecule has 250 valence electrons. The highest BCUT2D eigenvalue weighted by Crippen LogP contribution is 2.38. The van der Waals surface area contributed by atoms with Crippen molar-refractivity contribution in [1.29, 1.82) is 0 Å². The smallest absolute Gasteiger partial charge is 0.465 e. The zero-order valence-corrected chi connectivity index (χ0v) is 27.8. The number of piperazine rings is 1. The Kier molecular flexibility index (Phi) is 9.45. The predicted molar refractivity (Wildman–Crippen MR) is 179 cm³/mol. The molecule has 0 radical (unpaired) electrons. The molecule has 0 amide bonds. The first kappa shape index (κ1) is 33.8. The third-order valence-corrected chi connectivity index (χ3v) is 10.5. The molecule has 0 bridgehead atoms. The maximum atomic E-state index is 13.3. The van der Waals surface area contributed by atoms with Crippen LogP contribution in [0.3, 0.4) is 0 Å². The fourth-order valence-corrected chi connectivity index (χ4v) is 7.21. The van der Waals surface area contributed by atoms with E-state index in [9.17, 15) is 26.4 Å². The van der Waals surface area contributed by atoms with E-state index >= 15 is 0 Å². The molecule has 14 heteroatoms. The normalized spacial score (nSPS) is 14.5. The number of sulfonamides is 1. The Morgan fingerprint density at radius 3 is 1.98 bits per heavy atom. The van der Waals surface area contributed by atoms with E-state index in [-0.39, 0.29) is 38.6 Å². The maximum Gasteiger partial charge on any atom is 0.511 e. The van der Waals surface area contributed by atoms with Gasteiger partial charge in [0.25, 0.3) is 0 Å². The molecule has 1 aromatic heterocycles. The predicted octanol–water partition coefficient (Wildman–Crippen LogP) is 7.33. The first-order valence-electron chi connectivity index (χ1n) is 14.9. The van der Waals surface area contributed by atoms with Crippen molar-refractivity contribution >= 4 is 55.9 Å². The summed E-state index contributed by atoms with van der Waals surface area (Å²) in [6.45, 7) is -0.551. The molecule has 0 saturated carbocycles. The van der Waals surface area contributed by atoms with Crippen LogP contribution in [0, 0.1) is 0 Å². The van der Waals surface area contributed by atoms with Gasteiger partial charge in [0.1, 0.15) is 0 Å². The minimum absolute atomic E-state index is 0.0117. The number of rotatable bonds is 8. The Balaban J connectivity index is 1.46. The molecular weight excluding hydrogens is 688 g/mol. The first-order chi connectivity index (χ1) is 22.9. The Labute approximate surface area is 285 Å². The second kappa shape index (κ2) is 13.4. The average Bonchev–Trinajstić information content (AvgIpc) is 3.43. The van der Waals surface area contributed by atoms with Crippen molar-refractivity contribution in [2.24, 2.45) is 0 Å². The summed E-state index contributed by atoms with van der Waals surface area (Å²) in [4.78, 5) is 14.3. The van der Waals surface area contributed by atoms with Crippen molar-refractivity contribution in [2.75, 3.05) is 38.2 Å². The molecule has 5 aromatic rings. The van der Waals surface area contributed by atoms with Gasteiger partial charge < -0.3 is 9.64 Å². The minimum Gasteiger partial charge on any atom is -0.465 e. The molecule has 0 atom stereocenters. The number of aromatic nitrogens is 2. The molecule has 1 fully saturated rings. The Bertz CT molecular complexity index is 2020. The number of carbonyl (C=O) groups is 1. The molecule has 2 heterocycles. The second-order valence-corrected chi connectivity index (χ2v) is 14.1. The summed E-state index contributed by atoms with van der Waals surface area (Å²) in [5, 5.41) is 6.80. The molecule has 1 saturated heterocycles. The van der Waals surface area contributed by atoms with Crippen molar-refractivity contribution < 1.29 is 31.1 Å². The molecule has 4 aromatic carbocycles. The molecule has 6 rings (SSSR count). The Hall–Kier alpha value is -4.10. The van der Waals surface area contributed by atoms with Gasteiger partial charge in [-0.1, -0.05) is 71.7 Å². The van der Waals surface area contributed by atoms with Crippen LogP contribution in [0.5, 0.6) is 0 Å². The lowest BCUT2D eigenvalue weighted by molar-refractivity contribution is -0.0490. The molecule has 1 aliphatic heterocycles. The van der Waals surface area contributed by atoms with Crippen LogP contribution in [0.4, 0.5) is 19.0 Å². The van der Waals surface area contributed by atoms with Crippen LogP contribution < -0.4 is 4.90 Å². The van der Waals surface area contributed by atoms with Crippen LogP contribution in [-0.4, -0.2) is 67.3 Å². The van der Waals surface area contributed by atoms with Gasteiger partial charge in [-0.2, -0.15) is 22.6 Å². The SMILES string of the molecule is COC(=O)c1ccccc1Cn1nc(N2CCN(S(=O)(=O)C(F)(F)F)CC2)c2cc(C(c3ccc(Cl)cc3)c3ccc(Cl)cc3)ccc21. The number of hydrogen-bond acceptors (Lipinski definition) is 6. The summed E-state index contributed by atoms with van der Waals surface area (Å²) in [6.07, 6.45) is 0. The zero-order valence-electron chi connectivity index (χ0n) is 25.5. The number of anilines is 1. The van der Waals surface area contributed by atoms with Crippen molar-refractivity contribution in [3.8, 4) is 0 Å². The van der Waals surface area contributed by atoms with Gasteiger partial charge in [0.2, 0.25) is 0 Å². The number of ether oxygens (including phenoxy) is 1. The lowest BCUT2D eigenvalue weighted by Gasteiger charge is -2.34. The number of methoxy groups -OCH3 is 1. The Morgan fingerprint density at radius 1 is 0.854 bits per heavy atom. The maximum absolute atomic E-state index is 13.3. The van der Waals surface area contributed by atoms with Crippen molar-refractivity contribution in [2.45, 2.75) is 18.0 Å². The van der Waals surface area contributed by atoms with Gasteiger partial charge in [0.15, 0.2) is 5.82 Å². The number of fused-ring (bicyclic) bond motifs is 1. The standard InChI is InChI=1S/C34H29Cl2F3N4O4S/c1-47-33(44)28-5-3-2-4-25(28)21-43-30-15-10-24(31(22-6-11-26(35)12-7-22)23-8-13-27(36)14-9-23)20-29(30)32(40-43)41-16-18-42(19-17-41)48(45,46)34(37,38)39/h2-15,20,31H,16-19,21H2,1H3. The van der Waals surface area contributed by atoms with Crippen molar-refractivity contribution in [3.63, 3.8) is 0 Å². The summed E-state index contributed by atoms with van der Waals surface area (Å²) >= 11 is 12.4. The van der Waals surface area contributed by atoms with Gasteiger partial charge in [-0.25, -0.2) is 13.2 Å². The topological polar surface area (TPSA) is 84.7 Å². The first-order valence-corrected chi connectivity index (χ1v) is 17.1. The van der Waals surface area contributed by atoms with Crippen molar-refractivity contribution in [3.05, 3.63) is 129 Å². The highest BCUT2D eigenvalue weighted by Gasteiger charge is 2.50. The summed E-state index contributed by atoms with van der Waals surface area (Å²) in [5.41, 5.74) is -0.806. The molecule has 0 spiro atoms. The fraction of sp³-hybridized carbons (Fsp3) is 0.235. The van der Waals surface area contributed by atoms with Crippen LogP contribution in [0.25, 0.3) is 10.9 Å². The molecule has 0 aliphatic carbocycles. The highest BCUT2D eigenvalue weighted by molar-refractivity contribution is 7.90. The number of halogens is 5. The van der Waals surface area contributed by atoms with Crippen LogP contribution in [-0.2, 0) is 21.3 Å². The summed E-state index contributed by atoms with van der Waals surface area (Å²) in [6, 6.07) is 27.9. The Morgan fingerprint density at radius 2 is 1.42 bits per heavy atom. The van der Waals surface area contributed by atoms with E-state index < -0.39 is 21.5 Å². The number of alkyl halides is 3. The van der Waals surface area contributed by atoms with E-state index in [0.29, 0.717) is 42.2 Å². The molecule has 0 unspecified atom stereocenters. The number of nitrogens with zero attached hydrogens (tertiary/aromatic N) is 4. The van der Waals surface area contributed by atoms with Crippen LogP contribution in [0.1, 0.15) is 38.5 Å². The lowest BCUT2D eigenvalue weighted by atomic mass is 9.85. The van der Waals surface area contributed by atoms with Gasteiger partial charge in [-0.15, -0.1) is 0 Å². The van der Waals surface area contributed by atoms with Crippen LogP contribution >= 0.6 is 23.2 Å². The monoisotopic (exact) mass is 716 g/mol. The van der Waals surface area contributed by atoms with E-state index in [0.717, 1.165) is 16.7 Å². The summed E-state index contributed by atoms with van der Waals surface area (Å²) in [5.74, 6) is -0.258. The number of carbonyl (C=O) groups excluding carboxylic acids is 1. The number of esters is 1. The largest absolute Gasteiger partial charge is 0.511 e. The van der Waals surface area contributed by atoms with Crippen LogP contribution in [0.15, 0.2) is 91.0 Å². The zero-order chi connectivity index (χ0) is 34.2. The van der Waals surface area contributed by atoms with E-state index in [4.69, 9.17) is 33.0 Å². The van der Waals surface area contributed by atoms with E-state index in [1.807, 2.05) is 66.7 Å². The third kappa shape index (κ3) is 6.62. The molecule has 48 heavy (non-hydrogen) atoms. The molecule has 1 aliphatic rings. The minimum atomic E-state index is -5.47. The molecular formula is C34H29Cl2F3N4O4S. The summed E-state index contributed by atoms with van der Waals surface area (Å²) in [7, 11) is -4.16. The van der Waals surface area contributed by atoms with Crippen LogP contribution in [0.2, 0.25) is 10.0 Å².